The average molecular weight is 114 g/mol. The molecule has 0 aliphatic carbocycles. The maximum atomic E-state index is 8.51. The van der Waals surface area contributed by atoms with Crippen molar-refractivity contribution in [2.45, 2.75) is 27.7 Å². The van der Waals surface area contributed by atoms with Crippen LogP contribution in [0.3, 0.4) is 0 Å². The highest BCUT2D eigenvalue weighted by molar-refractivity contribution is 5.02. The second-order valence-corrected chi connectivity index (χ2v) is 3.06. The highest BCUT2D eigenvalue weighted by Gasteiger charge is 2.11. The van der Waals surface area contributed by atoms with Crippen LogP contribution < -0.4 is 0 Å². The zero-order valence-corrected chi connectivity index (χ0v) is 6.02. The van der Waals surface area contributed by atoms with Crippen molar-refractivity contribution < 1.29 is 5.11 Å². The van der Waals surface area contributed by atoms with Gasteiger partial charge in [-0.25, -0.2) is 0 Å². The Kier molecular flexibility index (Phi) is 2.08. The Hall–Kier alpha value is -0.460. The SMILES string of the molecule is C/C(=C/O)C(C)(C)C. The van der Waals surface area contributed by atoms with Crippen LogP contribution in [0.2, 0.25) is 0 Å². The predicted molar refractivity (Wildman–Crippen MR) is 35.8 cm³/mol. The first kappa shape index (κ1) is 7.54. The van der Waals surface area contributed by atoms with Crippen molar-refractivity contribution in [1.82, 2.24) is 0 Å². The largest absolute Gasteiger partial charge is 0.516 e. The Balaban J connectivity index is 4.03. The van der Waals surface area contributed by atoms with Gasteiger partial charge in [0, 0.05) is 0 Å². The van der Waals surface area contributed by atoms with Crippen LogP contribution in [-0.4, -0.2) is 5.11 Å². The van der Waals surface area contributed by atoms with Gasteiger partial charge in [-0.3, -0.25) is 0 Å². The molecule has 1 nitrogen and oxygen atoms in total. The molecule has 0 radical (unpaired) electrons. The van der Waals surface area contributed by atoms with Gasteiger partial charge >= 0.3 is 0 Å². The van der Waals surface area contributed by atoms with Crippen LogP contribution in [0, 0.1) is 5.41 Å². The number of aliphatic hydroxyl groups excluding tert-OH is 1. The highest BCUT2D eigenvalue weighted by atomic mass is 16.2. The quantitative estimate of drug-likeness (QED) is 0.480. The van der Waals surface area contributed by atoms with Crippen molar-refractivity contribution >= 4 is 0 Å². The molecule has 0 bridgehead atoms. The van der Waals surface area contributed by atoms with E-state index in [0.717, 1.165) is 5.57 Å². The van der Waals surface area contributed by atoms with E-state index in [0.29, 0.717) is 0 Å². The Bertz CT molecular complexity index is 95.4. The van der Waals surface area contributed by atoms with Gasteiger partial charge in [-0.2, -0.15) is 0 Å². The molecular formula is C7H14O. The molecule has 8 heavy (non-hydrogen) atoms. The molecule has 0 amide bonds. The second-order valence-electron chi connectivity index (χ2n) is 3.06. The van der Waals surface area contributed by atoms with E-state index < -0.39 is 0 Å². The summed E-state index contributed by atoms with van der Waals surface area (Å²) in [6.45, 7) is 8.11. The third-order valence-corrected chi connectivity index (χ3v) is 1.38. The summed E-state index contributed by atoms with van der Waals surface area (Å²) in [4.78, 5) is 0. The Morgan fingerprint density at radius 1 is 1.38 bits per heavy atom. The lowest BCUT2D eigenvalue weighted by Gasteiger charge is -2.17. The van der Waals surface area contributed by atoms with E-state index in [2.05, 4.69) is 20.8 Å². The summed E-state index contributed by atoms with van der Waals surface area (Å²) in [7, 11) is 0. The molecular weight excluding hydrogens is 100 g/mol. The second kappa shape index (κ2) is 2.21. The van der Waals surface area contributed by atoms with Crippen molar-refractivity contribution in [3.05, 3.63) is 11.8 Å². The summed E-state index contributed by atoms with van der Waals surface area (Å²) in [6.07, 6.45) is 1.17. The van der Waals surface area contributed by atoms with Gasteiger partial charge in [0.15, 0.2) is 0 Å². The van der Waals surface area contributed by atoms with Crippen molar-refractivity contribution in [1.29, 1.82) is 0 Å². The fourth-order valence-electron chi connectivity index (χ4n) is 0.194. The Morgan fingerprint density at radius 2 is 1.75 bits per heavy atom. The molecule has 0 unspecified atom stereocenters. The molecule has 1 heteroatoms. The summed E-state index contributed by atoms with van der Waals surface area (Å²) in [5.74, 6) is 0. The lowest BCUT2D eigenvalue weighted by molar-refractivity contribution is 0.424. The van der Waals surface area contributed by atoms with Crippen molar-refractivity contribution in [3.8, 4) is 0 Å². The molecule has 0 fully saturated rings. The summed E-state index contributed by atoms with van der Waals surface area (Å²) in [5, 5.41) is 8.51. The molecule has 0 aliphatic heterocycles. The van der Waals surface area contributed by atoms with Gasteiger partial charge in [0.2, 0.25) is 0 Å². The van der Waals surface area contributed by atoms with Gasteiger partial charge in [0.1, 0.15) is 0 Å². The molecule has 0 aromatic rings. The summed E-state index contributed by atoms with van der Waals surface area (Å²) < 4.78 is 0. The minimum Gasteiger partial charge on any atom is -0.516 e. The fourth-order valence-corrected chi connectivity index (χ4v) is 0.194. The molecule has 0 rings (SSSR count). The number of rotatable bonds is 0. The fraction of sp³-hybridized carbons (Fsp3) is 0.714. The topological polar surface area (TPSA) is 20.2 Å². The summed E-state index contributed by atoms with van der Waals surface area (Å²) in [5.41, 5.74) is 1.13. The number of hydrogen-bond donors (Lipinski definition) is 1. The van der Waals surface area contributed by atoms with Crippen LogP contribution in [0.1, 0.15) is 27.7 Å². The zero-order chi connectivity index (χ0) is 6.78. The van der Waals surface area contributed by atoms with Gasteiger partial charge in [0.25, 0.3) is 0 Å². The van der Waals surface area contributed by atoms with Crippen LogP contribution in [0.25, 0.3) is 0 Å². The van der Waals surface area contributed by atoms with E-state index in [4.69, 9.17) is 5.11 Å². The first-order valence-electron chi connectivity index (χ1n) is 2.80. The van der Waals surface area contributed by atoms with Gasteiger partial charge < -0.3 is 5.11 Å². The van der Waals surface area contributed by atoms with Crippen LogP contribution in [0.4, 0.5) is 0 Å². The lowest BCUT2D eigenvalue weighted by Crippen LogP contribution is -2.05. The van der Waals surface area contributed by atoms with Crippen LogP contribution in [-0.2, 0) is 0 Å². The minimum absolute atomic E-state index is 0.120. The Morgan fingerprint density at radius 3 is 1.75 bits per heavy atom. The maximum Gasteiger partial charge on any atom is 0.0786 e. The van der Waals surface area contributed by atoms with E-state index in [1.54, 1.807) is 0 Å². The van der Waals surface area contributed by atoms with Crippen molar-refractivity contribution in [2.24, 2.45) is 5.41 Å². The van der Waals surface area contributed by atoms with Crippen LogP contribution in [0.15, 0.2) is 11.8 Å². The maximum absolute atomic E-state index is 8.51. The normalized spacial score (nSPS) is 14.2. The summed E-state index contributed by atoms with van der Waals surface area (Å²) in [6, 6.07) is 0. The minimum atomic E-state index is 0.120. The molecule has 0 aromatic carbocycles. The Labute approximate surface area is 51.0 Å². The van der Waals surface area contributed by atoms with E-state index >= 15 is 0 Å². The number of allylic oxidation sites excluding steroid dienone is 1. The summed E-state index contributed by atoms with van der Waals surface area (Å²) >= 11 is 0. The number of hydrogen-bond acceptors (Lipinski definition) is 1. The standard InChI is InChI=1S/C7H14O/c1-6(5-8)7(2,3)4/h5,8H,1-4H3/b6-5-. The predicted octanol–water partition coefficient (Wildman–Crippen LogP) is 2.49. The van der Waals surface area contributed by atoms with Gasteiger partial charge in [-0.05, 0) is 17.9 Å². The van der Waals surface area contributed by atoms with Crippen LogP contribution in [0.5, 0.6) is 0 Å². The van der Waals surface area contributed by atoms with E-state index in [1.165, 1.54) is 6.26 Å². The van der Waals surface area contributed by atoms with E-state index in [9.17, 15) is 0 Å². The highest BCUT2D eigenvalue weighted by Crippen LogP contribution is 2.22. The molecule has 0 aromatic heterocycles. The van der Waals surface area contributed by atoms with Gasteiger partial charge in [-0.15, -0.1) is 0 Å². The van der Waals surface area contributed by atoms with Crippen LogP contribution >= 0.6 is 0 Å². The molecule has 0 atom stereocenters. The molecule has 0 saturated carbocycles. The average Bonchev–Trinajstić information content (AvgIpc) is 1.62. The van der Waals surface area contributed by atoms with Gasteiger partial charge in [0.05, 0.1) is 6.26 Å². The van der Waals surface area contributed by atoms with E-state index in [-0.39, 0.29) is 5.41 Å². The lowest BCUT2D eigenvalue weighted by atomic mass is 9.89. The third-order valence-electron chi connectivity index (χ3n) is 1.38. The monoisotopic (exact) mass is 114 g/mol. The zero-order valence-electron chi connectivity index (χ0n) is 6.02. The molecule has 0 saturated heterocycles. The molecule has 1 N–H and O–H groups in total. The first-order chi connectivity index (χ1) is 3.48. The van der Waals surface area contributed by atoms with Crippen molar-refractivity contribution in [3.63, 3.8) is 0 Å². The molecule has 0 spiro atoms. The smallest absolute Gasteiger partial charge is 0.0786 e. The third kappa shape index (κ3) is 2.01. The van der Waals surface area contributed by atoms with Gasteiger partial charge in [-0.1, -0.05) is 20.8 Å². The molecule has 48 valence electrons. The molecule has 0 heterocycles. The van der Waals surface area contributed by atoms with E-state index in [1.807, 2.05) is 6.92 Å². The number of aliphatic hydroxyl groups is 1. The first-order valence-corrected chi connectivity index (χ1v) is 2.80. The molecule has 0 aliphatic rings. The van der Waals surface area contributed by atoms with Crippen molar-refractivity contribution in [2.75, 3.05) is 0 Å².